The number of hydrogen-bond acceptors (Lipinski definition) is 2. The molecule has 1 aliphatic heterocycles. The summed E-state index contributed by atoms with van der Waals surface area (Å²) in [6, 6.07) is 11.6. The van der Waals surface area contributed by atoms with Crippen LogP contribution in [0, 0.1) is 0 Å². The van der Waals surface area contributed by atoms with Crippen molar-refractivity contribution in [1.29, 1.82) is 0 Å². The first kappa shape index (κ1) is 15.7. The molecule has 0 unspecified atom stereocenters. The quantitative estimate of drug-likeness (QED) is 0.720. The molecule has 2 nitrogen and oxygen atoms in total. The molecule has 2 rings (SSSR count). The van der Waals surface area contributed by atoms with Gasteiger partial charge in [-0.25, -0.2) is 0 Å². The van der Waals surface area contributed by atoms with E-state index in [9.17, 15) is 0 Å². The van der Waals surface area contributed by atoms with Gasteiger partial charge in [0.05, 0.1) is 24.9 Å². The number of rotatable bonds is 6. The SMILES string of the molecule is C[C@@]1(COCc2ccccc2)CC[C@H](C[Si](C)(C)C)O1. The standard InChI is InChI=1S/C17H28O2Si/c1-17(11-10-16(19-17)13-20(2,3)4)14-18-12-15-8-6-5-7-9-15/h5-9,16H,10-14H2,1-4H3/t16-,17+/m1/s1. The first-order valence-corrected chi connectivity index (χ1v) is 11.4. The Balaban J connectivity index is 1.76. The van der Waals surface area contributed by atoms with E-state index < -0.39 is 8.07 Å². The van der Waals surface area contributed by atoms with E-state index in [1.165, 1.54) is 18.0 Å². The molecule has 1 aromatic rings. The Morgan fingerprint density at radius 3 is 2.60 bits per heavy atom. The molecule has 3 heteroatoms. The second-order valence-corrected chi connectivity index (χ2v) is 13.0. The predicted octanol–water partition coefficient (Wildman–Crippen LogP) is 4.48. The van der Waals surface area contributed by atoms with Crippen LogP contribution in [0.4, 0.5) is 0 Å². The topological polar surface area (TPSA) is 18.5 Å². The van der Waals surface area contributed by atoms with Crippen molar-refractivity contribution in [2.45, 2.75) is 63.8 Å². The van der Waals surface area contributed by atoms with Gasteiger partial charge < -0.3 is 9.47 Å². The van der Waals surface area contributed by atoms with Crippen LogP contribution in [0.1, 0.15) is 25.3 Å². The van der Waals surface area contributed by atoms with Crippen LogP contribution >= 0.6 is 0 Å². The molecule has 112 valence electrons. The number of ether oxygens (including phenoxy) is 2. The van der Waals surface area contributed by atoms with Crippen molar-refractivity contribution in [3.8, 4) is 0 Å². The highest BCUT2D eigenvalue weighted by Gasteiger charge is 2.37. The average molecular weight is 292 g/mol. The molecule has 0 radical (unpaired) electrons. The van der Waals surface area contributed by atoms with Crippen LogP contribution in [-0.4, -0.2) is 26.4 Å². The number of hydrogen-bond donors (Lipinski definition) is 0. The van der Waals surface area contributed by atoms with Crippen molar-refractivity contribution < 1.29 is 9.47 Å². The molecule has 2 atom stereocenters. The lowest BCUT2D eigenvalue weighted by molar-refractivity contribution is -0.0792. The van der Waals surface area contributed by atoms with Gasteiger partial charge >= 0.3 is 0 Å². The third-order valence-electron chi connectivity index (χ3n) is 3.81. The fourth-order valence-electron chi connectivity index (χ4n) is 2.88. The van der Waals surface area contributed by atoms with Crippen molar-refractivity contribution in [3.63, 3.8) is 0 Å². The summed E-state index contributed by atoms with van der Waals surface area (Å²) in [7, 11) is -1.03. The van der Waals surface area contributed by atoms with E-state index in [2.05, 4.69) is 50.8 Å². The molecule has 1 aromatic carbocycles. The Kier molecular flexibility index (Phi) is 5.05. The first-order chi connectivity index (χ1) is 9.36. The van der Waals surface area contributed by atoms with Gasteiger partial charge in [-0.15, -0.1) is 0 Å². The van der Waals surface area contributed by atoms with Crippen molar-refractivity contribution in [3.05, 3.63) is 35.9 Å². The minimum Gasteiger partial charge on any atom is -0.374 e. The minimum atomic E-state index is -1.03. The average Bonchev–Trinajstić information content (AvgIpc) is 2.70. The molecule has 1 heterocycles. The Bertz CT molecular complexity index is 413. The highest BCUT2D eigenvalue weighted by molar-refractivity contribution is 6.76. The maximum atomic E-state index is 6.27. The van der Waals surface area contributed by atoms with E-state index in [0.717, 1.165) is 6.42 Å². The van der Waals surface area contributed by atoms with E-state index in [-0.39, 0.29) is 5.60 Å². The van der Waals surface area contributed by atoms with Gasteiger partial charge in [0.2, 0.25) is 0 Å². The van der Waals surface area contributed by atoms with Crippen LogP contribution in [0.15, 0.2) is 30.3 Å². The van der Waals surface area contributed by atoms with E-state index in [1.54, 1.807) is 0 Å². The molecule has 0 saturated carbocycles. The summed E-state index contributed by atoms with van der Waals surface area (Å²) in [6.07, 6.45) is 2.76. The zero-order valence-electron chi connectivity index (χ0n) is 13.3. The summed E-state index contributed by atoms with van der Waals surface area (Å²) in [6.45, 7) is 10.8. The molecule has 0 aliphatic carbocycles. The van der Waals surface area contributed by atoms with Gasteiger partial charge in [-0.2, -0.15) is 0 Å². The molecule has 1 aliphatic rings. The summed E-state index contributed by atoms with van der Waals surface area (Å²) in [4.78, 5) is 0. The maximum absolute atomic E-state index is 6.27. The van der Waals surface area contributed by atoms with Crippen molar-refractivity contribution in [1.82, 2.24) is 0 Å². The summed E-state index contributed by atoms with van der Waals surface area (Å²) in [5.41, 5.74) is 1.15. The van der Waals surface area contributed by atoms with E-state index in [1.807, 2.05) is 6.07 Å². The largest absolute Gasteiger partial charge is 0.374 e. The molecule has 1 saturated heterocycles. The first-order valence-electron chi connectivity index (χ1n) is 7.66. The van der Waals surface area contributed by atoms with Gasteiger partial charge in [0.1, 0.15) is 0 Å². The molecular formula is C17H28O2Si. The van der Waals surface area contributed by atoms with Crippen LogP contribution in [-0.2, 0) is 16.1 Å². The Morgan fingerprint density at radius 2 is 1.95 bits per heavy atom. The maximum Gasteiger partial charge on any atom is 0.0891 e. The third kappa shape index (κ3) is 5.04. The zero-order chi connectivity index (χ0) is 14.6. The molecule has 0 N–H and O–H groups in total. The second kappa shape index (κ2) is 6.42. The molecule has 20 heavy (non-hydrogen) atoms. The lowest BCUT2D eigenvalue weighted by Crippen LogP contribution is -2.33. The van der Waals surface area contributed by atoms with Crippen LogP contribution in [0.5, 0.6) is 0 Å². The fraction of sp³-hybridized carbons (Fsp3) is 0.647. The molecule has 0 spiro atoms. The molecule has 0 bridgehead atoms. The van der Waals surface area contributed by atoms with E-state index >= 15 is 0 Å². The normalized spacial score (nSPS) is 26.9. The van der Waals surface area contributed by atoms with Crippen LogP contribution < -0.4 is 0 Å². The van der Waals surface area contributed by atoms with Gasteiger partial charge in [-0.1, -0.05) is 50.0 Å². The predicted molar refractivity (Wildman–Crippen MR) is 86.8 cm³/mol. The number of benzene rings is 1. The molecule has 0 amide bonds. The molecule has 0 aromatic heterocycles. The van der Waals surface area contributed by atoms with E-state index in [0.29, 0.717) is 19.3 Å². The highest BCUT2D eigenvalue weighted by atomic mass is 28.3. The Hall–Kier alpha value is -0.643. The van der Waals surface area contributed by atoms with E-state index in [4.69, 9.17) is 9.47 Å². The minimum absolute atomic E-state index is 0.0842. The summed E-state index contributed by atoms with van der Waals surface area (Å²) >= 11 is 0. The fourth-order valence-corrected chi connectivity index (χ4v) is 4.53. The van der Waals surface area contributed by atoms with Gasteiger partial charge in [-0.05, 0) is 31.4 Å². The molecular weight excluding hydrogens is 264 g/mol. The molecule has 1 fully saturated rings. The van der Waals surface area contributed by atoms with Gasteiger partial charge in [0.25, 0.3) is 0 Å². The Morgan fingerprint density at radius 1 is 1.25 bits per heavy atom. The van der Waals surface area contributed by atoms with Crippen molar-refractivity contribution >= 4 is 8.07 Å². The van der Waals surface area contributed by atoms with Gasteiger partial charge in [0.15, 0.2) is 0 Å². The second-order valence-electron chi connectivity index (χ2n) is 7.47. The monoisotopic (exact) mass is 292 g/mol. The van der Waals surface area contributed by atoms with Crippen LogP contribution in [0.2, 0.25) is 25.7 Å². The lowest BCUT2D eigenvalue weighted by Gasteiger charge is -2.27. The lowest BCUT2D eigenvalue weighted by atomic mass is 10.0. The van der Waals surface area contributed by atoms with Crippen molar-refractivity contribution in [2.24, 2.45) is 0 Å². The summed E-state index contributed by atoms with van der Waals surface area (Å²) in [5, 5.41) is 0. The van der Waals surface area contributed by atoms with Gasteiger partial charge in [0, 0.05) is 8.07 Å². The van der Waals surface area contributed by atoms with Crippen LogP contribution in [0.25, 0.3) is 0 Å². The smallest absolute Gasteiger partial charge is 0.0891 e. The van der Waals surface area contributed by atoms with Crippen molar-refractivity contribution in [2.75, 3.05) is 6.61 Å². The third-order valence-corrected chi connectivity index (χ3v) is 5.49. The van der Waals surface area contributed by atoms with Crippen LogP contribution in [0.3, 0.4) is 0 Å². The summed E-state index contributed by atoms with van der Waals surface area (Å²) in [5.74, 6) is 0. The van der Waals surface area contributed by atoms with Gasteiger partial charge in [-0.3, -0.25) is 0 Å². The summed E-state index contributed by atoms with van der Waals surface area (Å²) < 4.78 is 12.1. The Labute approximate surface area is 124 Å². The highest BCUT2D eigenvalue weighted by Crippen LogP contribution is 2.34. The zero-order valence-corrected chi connectivity index (χ0v) is 14.3.